The van der Waals surface area contributed by atoms with Gasteiger partial charge in [0.05, 0.1) is 7.11 Å². The smallest absolute Gasteiger partial charge is 0.227 e. The summed E-state index contributed by atoms with van der Waals surface area (Å²) in [6, 6.07) is 7.58. The lowest BCUT2D eigenvalue weighted by Crippen LogP contribution is -2.31. The molecule has 0 bridgehead atoms. The zero-order valence-electron chi connectivity index (χ0n) is 13.6. The molecule has 0 fully saturated rings. The van der Waals surface area contributed by atoms with E-state index in [1.807, 2.05) is 35.2 Å². The van der Waals surface area contributed by atoms with Crippen molar-refractivity contribution in [1.29, 1.82) is 0 Å². The highest BCUT2D eigenvalue weighted by molar-refractivity contribution is 7.98. The minimum absolute atomic E-state index is 0.191. The molecule has 0 amide bonds. The molecule has 1 aromatic carbocycles. The van der Waals surface area contributed by atoms with Crippen molar-refractivity contribution in [2.45, 2.75) is 30.5 Å². The minimum Gasteiger partial charge on any atom is -0.497 e. The Morgan fingerprint density at radius 1 is 1.29 bits per heavy atom. The molecule has 0 unspecified atom stereocenters. The summed E-state index contributed by atoms with van der Waals surface area (Å²) in [5.74, 6) is 1.69. The van der Waals surface area contributed by atoms with Gasteiger partial charge in [-0.1, -0.05) is 23.9 Å². The van der Waals surface area contributed by atoms with E-state index in [0.29, 0.717) is 17.5 Å². The number of ether oxygens (including phenoxy) is 1. The van der Waals surface area contributed by atoms with Crippen LogP contribution in [0.2, 0.25) is 0 Å². The van der Waals surface area contributed by atoms with Gasteiger partial charge >= 0.3 is 0 Å². The molecule has 24 heavy (non-hydrogen) atoms. The number of rotatable bonds is 3. The third kappa shape index (κ3) is 2.39. The Kier molecular flexibility index (Phi) is 3.80. The zero-order valence-corrected chi connectivity index (χ0v) is 14.4. The Hall–Kier alpha value is -2.28. The largest absolute Gasteiger partial charge is 0.497 e. The van der Waals surface area contributed by atoms with Crippen LogP contribution in [0.5, 0.6) is 5.75 Å². The highest BCUT2D eigenvalue weighted by Gasteiger charge is 2.36. The monoisotopic (exact) mass is 342 g/mol. The molecule has 1 aliphatic heterocycles. The number of methoxy groups -OCH3 is 1. The second kappa shape index (κ2) is 5.98. The molecule has 1 N–H and O–H groups in total. The van der Waals surface area contributed by atoms with Crippen LogP contribution in [-0.2, 0) is 4.79 Å². The van der Waals surface area contributed by atoms with E-state index in [4.69, 9.17) is 4.74 Å². The van der Waals surface area contributed by atoms with Gasteiger partial charge in [0.25, 0.3) is 0 Å². The molecule has 124 valence electrons. The summed E-state index contributed by atoms with van der Waals surface area (Å²) >= 11 is 1.49. The standard InChI is InChI=1S/C17H18N4O2S/c1-23-11-8-6-10(7-9-11)15-14-12(4-3-5-13(14)22)18-16-19-17(24-2)20-21(15)16/h6-9,15H,3-5H2,1-2H3,(H,18,19,20)/t15-/m1/s1. The lowest BCUT2D eigenvalue weighted by molar-refractivity contribution is -0.116. The molecule has 2 aromatic rings. The van der Waals surface area contributed by atoms with Crippen molar-refractivity contribution in [2.75, 3.05) is 18.7 Å². The second-order valence-electron chi connectivity index (χ2n) is 5.84. The van der Waals surface area contributed by atoms with Crippen molar-refractivity contribution < 1.29 is 9.53 Å². The molecule has 2 aliphatic rings. The van der Waals surface area contributed by atoms with E-state index in [1.54, 1.807) is 7.11 Å². The average molecular weight is 342 g/mol. The fourth-order valence-corrected chi connectivity index (χ4v) is 3.66. The number of benzene rings is 1. The molecular formula is C17H18N4O2S. The van der Waals surface area contributed by atoms with Gasteiger partial charge in [-0.15, -0.1) is 5.10 Å². The van der Waals surface area contributed by atoms with Gasteiger partial charge in [-0.3, -0.25) is 4.79 Å². The minimum atomic E-state index is -0.233. The third-order valence-corrected chi connectivity index (χ3v) is 5.00. The SMILES string of the molecule is COc1ccc([C@@H]2C3=C(CCCC3=O)Nc3nc(SC)nn32)cc1. The molecule has 0 saturated heterocycles. The number of fused-ring (bicyclic) bond motifs is 1. The van der Waals surface area contributed by atoms with Crippen molar-refractivity contribution in [3.8, 4) is 5.75 Å². The van der Waals surface area contributed by atoms with Crippen LogP contribution in [0, 0.1) is 0 Å². The first-order valence-corrected chi connectivity index (χ1v) is 9.11. The maximum Gasteiger partial charge on any atom is 0.227 e. The zero-order chi connectivity index (χ0) is 16.7. The van der Waals surface area contributed by atoms with Crippen LogP contribution in [-0.4, -0.2) is 33.9 Å². The molecule has 2 heterocycles. The molecule has 0 radical (unpaired) electrons. The number of anilines is 1. The van der Waals surface area contributed by atoms with Crippen LogP contribution in [0.15, 0.2) is 40.7 Å². The van der Waals surface area contributed by atoms with Crippen molar-refractivity contribution in [3.05, 3.63) is 41.1 Å². The fourth-order valence-electron chi connectivity index (χ4n) is 3.32. The molecule has 0 saturated carbocycles. The first-order chi connectivity index (χ1) is 11.7. The van der Waals surface area contributed by atoms with Crippen molar-refractivity contribution in [1.82, 2.24) is 14.8 Å². The van der Waals surface area contributed by atoms with Crippen LogP contribution in [0.1, 0.15) is 30.9 Å². The number of Topliss-reactive ketones (excluding diaryl/α,β-unsaturated/α-hetero) is 1. The Morgan fingerprint density at radius 2 is 2.08 bits per heavy atom. The topological polar surface area (TPSA) is 69.0 Å². The van der Waals surface area contributed by atoms with Gasteiger partial charge < -0.3 is 10.1 Å². The van der Waals surface area contributed by atoms with Crippen molar-refractivity contribution in [2.24, 2.45) is 0 Å². The maximum absolute atomic E-state index is 12.6. The average Bonchev–Trinajstić information content (AvgIpc) is 3.03. The summed E-state index contributed by atoms with van der Waals surface area (Å²) in [6.45, 7) is 0. The highest BCUT2D eigenvalue weighted by Crippen LogP contribution is 2.40. The number of carbonyl (C=O) groups is 1. The third-order valence-electron chi connectivity index (χ3n) is 4.46. The number of carbonyl (C=O) groups excluding carboxylic acids is 1. The summed E-state index contributed by atoms with van der Waals surface area (Å²) in [6.07, 6.45) is 4.29. The van der Waals surface area contributed by atoms with E-state index in [2.05, 4.69) is 15.4 Å². The Morgan fingerprint density at radius 3 is 2.79 bits per heavy atom. The van der Waals surface area contributed by atoms with E-state index in [9.17, 15) is 4.79 Å². The summed E-state index contributed by atoms with van der Waals surface area (Å²) < 4.78 is 7.07. The predicted molar refractivity (Wildman–Crippen MR) is 92.4 cm³/mol. The highest BCUT2D eigenvalue weighted by atomic mass is 32.2. The normalized spacial score (nSPS) is 19.6. The quantitative estimate of drug-likeness (QED) is 0.865. The van der Waals surface area contributed by atoms with Gasteiger partial charge in [0.2, 0.25) is 11.1 Å². The molecule has 1 aliphatic carbocycles. The van der Waals surface area contributed by atoms with E-state index < -0.39 is 0 Å². The van der Waals surface area contributed by atoms with Crippen LogP contribution in [0.25, 0.3) is 0 Å². The van der Waals surface area contributed by atoms with Gasteiger partial charge in [-0.2, -0.15) is 4.98 Å². The Bertz CT molecular complexity index is 826. The number of nitrogens with one attached hydrogen (secondary N) is 1. The van der Waals surface area contributed by atoms with Crippen LogP contribution >= 0.6 is 11.8 Å². The molecular weight excluding hydrogens is 324 g/mol. The summed E-state index contributed by atoms with van der Waals surface area (Å²) in [5.41, 5.74) is 2.81. The molecule has 7 heteroatoms. The number of nitrogens with zero attached hydrogens (tertiary/aromatic N) is 3. The first-order valence-electron chi connectivity index (χ1n) is 7.89. The number of allylic oxidation sites excluding steroid dienone is 2. The van der Waals surface area contributed by atoms with Crippen LogP contribution in [0.4, 0.5) is 5.95 Å². The Labute approximate surface area is 144 Å². The molecule has 1 atom stereocenters. The second-order valence-corrected chi connectivity index (χ2v) is 6.61. The molecule has 1 aromatic heterocycles. The van der Waals surface area contributed by atoms with E-state index >= 15 is 0 Å². The lowest BCUT2D eigenvalue weighted by Gasteiger charge is -2.32. The van der Waals surface area contributed by atoms with Gasteiger partial charge in [0, 0.05) is 17.7 Å². The maximum atomic E-state index is 12.6. The van der Waals surface area contributed by atoms with E-state index in [1.165, 1.54) is 11.8 Å². The van der Waals surface area contributed by atoms with Crippen LogP contribution in [0.3, 0.4) is 0 Å². The van der Waals surface area contributed by atoms with Gasteiger partial charge in [0.1, 0.15) is 11.8 Å². The Balaban J connectivity index is 1.87. The van der Waals surface area contributed by atoms with Gasteiger partial charge in [-0.05, 0) is 36.8 Å². The van der Waals surface area contributed by atoms with Gasteiger partial charge in [-0.25, -0.2) is 4.68 Å². The van der Waals surface area contributed by atoms with Crippen molar-refractivity contribution in [3.63, 3.8) is 0 Å². The van der Waals surface area contributed by atoms with E-state index in [-0.39, 0.29) is 11.8 Å². The number of aromatic nitrogens is 3. The number of thioether (sulfide) groups is 1. The van der Waals surface area contributed by atoms with Gasteiger partial charge in [0.15, 0.2) is 5.78 Å². The van der Waals surface area contributed by atoms with E-state index in [0.717, 1.165) is 35.4 Å². The lowest BCUT2D eigenvalue weighted by atomic mass is 9.85. The molecule has 4 rings (SSSR count). The fraction of sp³-hybridized carbons (Fsp3) is 0.353. The van der Waals surface area contributed by atoms with Crippen molar-refractivity contribution >= 4 is 23.5 Å². The summed E-state index contributed by atoms with van der Waals surface area (Å²) in [7, 11) is 1.64. The van der Waals surface area contributed by atoms with Crippen LogP contribution < -0.4 is 10.1 Å². The first kappa shape index (κ1) is 15.3. The summed E-state index contributed by atoms with van der Waals surface area (Å²) in [5, 5.41) is 8.60. The molecule has 6 nitrogen and oxygen atoms in total. The number of hydrogen-bond acceptors (Lipinski definition) is 6. The summed E-state index contributed by atoms with van der Waals surface area (Å²) in [4.78, 5) is 17.2. The molecule has 0 spiro atoms. The number of ketones is 1. The predicted octanol–water partition coefficient (Wildman–Crippen LogP) is 3.03. The number of hydrogen-bond donors (Lipinski definition) is 1.